The van der Waals surface area contributed by atoms with Crippen molar-refractivity contribution in [3.05, 3.63) is 105 Å². The van der Waals surface area contributed by atoms with Gasteiger partial charge in [0.05, 0.1) is 31.2 Å². The molecule has 1 aliphatic heterocycles. The smallest absolute Gasteiger partial charge is 0.290 e. The Bertz CT molecular complexity index is 1390. The lowest BCUT2D eigenvalue weighted by Gasteiger charge is -2.27. The van der Waals surface area contributed by atoms with Crippen LogP contribution >= 0.6 is 0 Å². The third-order valence-corrected chi connectivity index (χ3v) is 6.09. The second kappa shape index (κ2) is 8.47. The molecule has 0 bridgehead atoms. The fourth-order valence-electron chi connectivity index (χ4n) is 4.54. The average Bonchev–Trinajstić information content (AvgIpc) is 3.14. The summed E-state index contributed by atoms with van der Waals surface area (Å²) < 4.78 is 17.2. The zero-order valence-electron chi connectivity index (χ0n) is 18.4. The van der Waals surface area contributed by atoms with Crippen LogP contribution in [-0.4, -0.2) is 31.6 Å². The van der Waals surface area contributed by atoms with Crippen LogP contribution in [0.4, 0.5) is 0 Å². The zero-order valence-corrected chi connectivity index (χ0v) is 18.4. The molecule has 0 spiro atoms. The van der Waals surface area contributed by atoms with Crippen molar-refractivity contribution in [1.29, 1.82) is 0 Å². The highest BCUT2D eigenvalue weighted by atomic mass is 16.5. The van der Waals surface area contributed by atoms with Crippen molar-refractivity contribution in [2.45, 2.75) is 12.5 Å². The maximum Gasteiger partial charge on any atom is 0.290 e. The molecule has 6 nitrogen and oxygen atoms in total. The number of ether oxygens (including phenoxy) is 2. The van der Waals surface area contributed by atoms with Gasteiger partial charge in [0.15, 0.2) is 16.9 Å². The molecule has 4 aromatic rings. The number of methoxy groups -OCH3 is 2. The lowest BCUT2D eigenvalue weighted by molar-refractivity contribution is 0.0728. The highest BCUT2D eigenvalue weighted by molar-refractivity contribution is 5.99. The van der Waals surface area contributed by atoms with Crippen molar-refractivity contribution in [2.24, 2.45) is 0 Å². The molecule has 0 saturated carbocycles. The molecule has 166 valence electrons. The Labute approximate surface area is 191 Å². The summed E-state index contributed by atoms with van der Waals surface area (Å²) in [6.07, 6.45) is 0.636. The van der Waals surface area contributed by atoms with Gasteiger partial charge < -0.3 is 18.8 Å². The van der Waals surface area contributed by atoms with E-state index in [1.807, 2.05) is 42.5 Å². The third-order valence-electron chi connectivity index (χ3n) is 6.09. The molecule has 0 aliphatic carbocycles. The Morgan fingerprint density at radius 3 is 2.39 bits per heavy atom. The van der Waals surface area contributed by atoms with Gasteiger partial charge in [-0.15, -0.1) is 0 Å². The van der Waals surface area contributed by atoms with E-state index in [0.29, 0.717) is 46.6 Å². The molecule has 1 aromatic heterocycles. The van der Waals surface area contributed by atoms with E-state index in [1.165, 1.54) is 0 Å². The number of rotatable bonds is 6. The summed E-state index contributed by atoms with van der Waals surface area (Å²) in [5.41, 5.74) is 2.30. The molecule has 3 aromatic carbocycles. The van der Waals surface area contributed by atoms with Gasteiger partial charge in [-0.3, -0.25) is 9.59 Å². The molecule has 2 heterocycles. The molecule has 33 heavy (non-hydrogen) atoms. The van der Waals surface area contributed by atoms with Crippen molar-refractivity contribution in [3.8, 4) is 11.5 Å². The summed E-state index contributed by atoms with van der Waals surface area (Å²) in [6.45, 7) is 0.411. The Kier molecular flexibility index (Phi) is 5.34. The molecule has 6 heteroatoms. The molecule has 1 amide bonds. The maximum atomic E-state index is 13.6. The van der Waals surface area contributed by atoms with E-state index in [0.717, 1.165) is 5.56 Å². The van der Waals surface area contributed by atoms with Crippen LogP contribution in [0, 0.1) is 0 Å². The Hall–Kier alpha value is -4.06. The van der Waals surface area contributed by atoms with Gasteiger partial charge in [-0.25, -0.2) is 0 Å². The first-order valence-electron chi connectivity index (χ1n) is 10.8. The zero-order chi connectivity index (χ0) is 22.9. The van der Waals surface area contributed by atoms with Gasteiger partial charge in [0.1, 0.15) is 5.58 Å². The molecule has 1 atom stereocenters. The van der Waals surface area contributed by atoms with Crippen molar-refractivity contribution < 1.29 is 18.7 Å². The maximum absolute atomic E-state index is 13.6. The van der Waals surface area contributed by atoms with Crippen molar-refractivity contribution in [2.75, 3.05) is 20.8 Å². The Morgan fingerprint density at radius 1 is 0.879 bits per heavy atom. The van der Waals surface area contributed by atoms with Gasteiger partial charge in [-0.05, 0) is 30.2 Å². The molecule has 5 rings (SSSR count). The van der Waals surface area contributed by atoms with Gasteiger partial charge >= 0.3 is 0 Å². The summed E-state index contributed by atoms with van der Waals surface area (Å²) in [4.78, 5) is 28.9. The largest absolute Gasteiger partial charge is 0.493 e. The van der Waals surface area contributed by atoms with Crippen LogP contribution in [-0.2, 0) is 6.42 Å². The minimum Gasteiger partial charge on any atom is -0.493 e. The number of hydrogen-bond acceptors (Lipinski definition) is 5. The highest BCUT2D eigenvalue weighted by Gasteiger charge is 2.44. The van der Waals surface area contributed by atoms with Gasteiger partial charge in [0.2, 0.25) is 5.76 Å². The second-order valence-corrected chi connectivity index (χ2v) is 7.89. The molecule has 0 radical (unpaired) electrons. The van der Waals surface area contributed by atoms with Gasteiger partial charge in [-0.2, -0.15) is 0 Å². The Morgan fingerprint density at radius 2 is 1.64 bits per heavy atom. The van der Waals surface area contributed by atoms with E-state index < -0.39 is 6.04 Å². The second-order valence-electron chi connectivity index (χ2n) is 7.89. The van der Waals surface area contributed by atoms with Crippen LogP contribution in [0.25, 0.3) is 11.0 Å². The summed E-state index contributed by atoms with van der Waals surface area (Å²) in [5.74, 6) is 0.798. The lowest BCUT2D eigenvalue weighted by atomic mass is 9.97. The van der Waals surface area contributed by atoms with Crippen LogP contribution in [0.2, 0.25) is 0 Å². The molecule has 1 unspecified atom stereocenters. The number of fused-ring (bicyclic) bond motifs is 2. The predicted molar refractivity (Wildman–Crippen MR) is 125 cm³/mol. The fraction of sp³-hybridized carbons (Fsp3) is 0.185. The number of amides is 1. The van der Waals surface area contributed by atoms with E-state index in [4.69, 9.17) is 13.9 Å². The predicted octanol–water partition coefficient (Wildman–Crippen LogP) is 4.60. The van der Waals surface area contributed by atoms with Crippen LogP contribution in [0.15, 0.2) is 82.0 Å². The van der Waals surface area contributed by atoms with E-state index >= 15 is 0 Å². The summed E-state index contributed by atoms with van der Waals surface area (Å²) in [5, 5.41) is 0.445. The Balaban J connectivity index is 1.70. The SMILES string of the molecule is COc1cccc(C2c3c(oc4ccccc4c3=O)C(=O)N2CCc2ccccc2)c1OC. The van der Waals surface area contributed by atoms with Crippen LogP contribution in [0.3, 0.4) is 0 Å². The number of carbonyl (C=O) groups excluding carboxylic acids is 1. The summed E-state index contributed by atoms with van der Waals surface area (Å²) in [6, 6.07) is 21.8. The third kappa shape index (κ3) is 3.44. The van der Waals surface area contributed by atoms with Gasteiger partial charge in [-0.1, -0.05) is 54.6 Å². The fourth-order valence-corrected chi connectivity index (χ4v) is 4.54. The van der Waals surface area contributed by atoms with Crippen molar-refractivity contribution in [3.63, 3.8) is 0 Å². The van der Waals surface area contributed by atoms with E-state index in [-0.39, 0.29) is 17.1 Å². The average molecular weight is 441 g/mol. The van der Waals surface area contributed by atoms with Gasteiger partial charge in [0, 0.05) is 12.1 Å². The van der Waals surface area contributed by atoms with E-state index in [1.54, 1.807) is 49.5 Å². The van der Waals surface area contributed by atoms with Crippen LogP contribution in [0.5, 0.6) is 11.5 Å². The topological polar surface area (TPSA) is 69.0 Å². The monoisotopic (exact) mass is 441 g/mol. The van der Waals surface area contributed by atoms with Crippen LogP contribution in [0.1, 0.15) is 33.3 Å². The number of nitrogens with zero attached hydrogens (tertiary/aromatic N) is 1. The van der Waals surface area contributed by atoms with Gasteiger partial charge in [0.25, 0.3) is 5.91 Å². The van der Waals surface area contributed by atoms with Crippen molar-refractivity contribution >= 4 is 16.9 Å². The summed E-state index contributed by atoms with van der Waals surface area (Å²) >= 11 is 0. The molecule has 1 aliphatic rings. The van der Waals surface area contributed by atoms with Crippen LogP contribution < -0.4 is 14.9 Å². The molecular weight excluding hydrogens is 418 g/mol. The molecule has 0 saturated heterocycles. The molecule has 0 fully saturated rings. The minimum atomic E-state index is -0.651. The number of benzene rings is 3. The molecule has 0 N–H and O–H groups in total. The highest BCUT2D eigenvalue weighted by Crippen LogP contribution is 2.44. The lowest BCUT2D eigenvalue weighted by Crippen LogP contribution is -2.32. The van der Waals surface area contributed by atoms with E-state index in [9.17, 15) is 9.59 Å². The first-order valence-corrected chi connectivity index (χ1v) is 10.8. The number of carbonyl (C=O) groups is 1. The van der Waals surface area contributed by atoms with Crippen molar-refractivity contribution in [1.82, 2.24) is 4.90 Å². The van der Waals surface area contributed by atoms with E-state index in [2.05, 4.69) is 0 Å². The molecular formula is C27H23NO5. The minimum absolute atomic E-state index is 0.0848. The number of para-hydroxylation sites is 2. The standard InChI is InChI=1S/C27H23NO5/c1-31-21-14-8-12-19(25(21)32-2)23-22-24(29)18-11-6-7-13-20(18)33-26(22)27(30)28(23)16-15-17-9-4-3-5-10-17/h3-14,23H,15-16H2,1-2H3. The summed E-state index contributed by atoms with van der Waals surface area (Å²) in [7, 11) is 3.11. The quantitative estimate of drug-likeness (QED) is 0.438. The number of hydrogen-bond donors (Lipinski definition) is 0. The first-order chi connectivity index (χ1) is 16.1. The normalized spacial score (nSPS) is 15.0. The first kappa shape index (κ1) is 20.8.